The van der Waals surface area contributed by atoms with Gasteiger partial charge in [-0.2, -0.15) is 0 Å². The average molecular weight is 365 g/mol. The highest BCUT2D eigenvalue weighted by Crippen LogP contribution is 2.38. The van der Waals surface area contributed by atoms with Crippen molar-refractivity contribution in [3.05, 3.63) is 16.1 Å². The molecule has 0 atom stereocenters. The molecule has 6 nitrogen and oxygen atoms in total. The number of likely N-dealkylation sites (tertiary alicyclic amines) is 1. The molecule has 0 aliphatic carbocycles. The molecule has 3 saturated heterocycles. The lowest BCUT2D eigenvalue weighted by Crippen LogP contribution is -2.57. The minimum absolute atomic E-state index is 0.00514. The lowest BCUT2D eigenvalue weighted by molar-refractivity contribution is -0.0164. The molecule has 0 radical (unpaired) electrons. The van der Waals surface area contributed by atoms with Crippen molar-refractivity contribution in [2.24, 2.45) is 0 Å². The van der Waals surface area contributed by atoms with Crippen molar-refractivity contribution in [1.82, 2.24) is 19.7 Å². The van der Waals surface area contributed by atoms with E-state index in [1.807, 2.05) is 17.5 Å². The van der Waals surface area contributed by atoms with E-state index in [4.69, 9.17) is 4.74 Å². The maximum atomic E-state index is 12.9. The molecule has 3 aliphatic heterocycles. The Morgan fingerprint density at radius 3 is 2.68 bits per heavy atom. The number of rotatable bonds is 3. The number of aromatic nitrogens is 1. The summed E-state index contributed by atoms with van der Waals surface area (Å²) in [5.74, 6) is 0. The fraction of sp³-hybridized carbons (Fsp3) is 0.778. The van der Waals surface area contributed by atoms with Crippen LogP contribution >= 0.6 is 11.3 Å². The molecular weight excluding hydrogens is 336 g/mol. The molecule has 3 aliphatic rings. The molecule has 138 valence electrons. The van der Waals surface area contributed by atoms with Crippen LogP contribution in [0.5, 0.6) is 0 Å². The third-order valence-corrected chi connectivity index (χ3v) is 7.05. The van der Waals surface area contributed by atoms with Crippen molar-refractivity contribution in [1.29, 1.82) is 0 Å². The van der Waals surface area contributed by atoms with Crippen LogP contribution in [-0.2, 0) is 11.3 Å². The van der Waals surface area contributed by atoms with Gasteiger partial charge in [-0.05, 0) is 32.6 Å². The van der Waals surface area contributed by atoms with Gasteiger partial charge in [-0.25, -0.2) is 9.78 Å². The van der Waals surface area contributed by atoms with E-state index in [1.165, 1.54) is 4.88 Å². The summed E-state index contributed by atoms with van der Waals surface area (Å²) in [6.07, 6.45) is 4.09. The zero-order valence-electron chi connectivity index (χ0n) is 15.2. The Balaban J connectivity index is 1.42. The van der Waals surface area contributed by atoms with E-state index in [-0.39, 0.29) is 11.6 Å². The van der Waals surface area contributed by atoms with Crippen LogP contribution in [0.2, 0.25) is 0 Å². The monoisotopic (exact) mass is 364 g/mol. The Labute approximate surface area is 153 Å². The van der Waals surface area contributed by atoms with Crippen molar-refractivity contribution in [2.45, 2.75) is 50.7 Å². The number of aryl methyl sites for hydroxylation is 1. The van der Waals surface area contributed by atoms with Gasteiger partial charge in [-0.3, -0.25) is 4.90 Å². The molecule has 2 amide bonds. The molecule has 25 heavy (non-hydrogen) atoms. The maximum Gasteiger partial charge on any atom is 0.320 e. The molecule has 0 bridgehead atoms. The van der Waals surface area contributed by atoms with Crippen LogP contribution in [0, 0.1) is 6.92 Å². The number of nitrogens with zero attached hydrogens (tertiary/aromatic N) is 4. The second-order valence-electron chi connectivity index (χ2n) is 7.71. The highest BCUT2D eigenvalue weighted by atomic mass is 32.1. The Kier molecular flexibility index (Phi) is 4.73. The van der Waals surface area contributed by atoms with Crippen LogP contribution in [0.3, 0.4) is 0 Å². The van der Waals surface area contributed by atoms with E-state index in [1.54, 1.807) is 11.3 Å². The van der Waals surface area contributed by atoms with Crippen molar-refractivity contribution >= 4 is 17.4 Å². The molecule has 3 fully saturated rings. The zero-order chi connectivity index (χ0) is 17.4. The first-order valence-corrected chi connectivity index (χ1v) is 10.2. The van der Waals surface area contributed by atoms with Gasteiger partial charge in [0.1, 0.15) is 0 Å². The molecule has 0 saturated carbocycles. The van der Waals surface area contributed by atoms with Gasteiger partial charge < -0.3 is 14.5 Å². The highest BCUT2D eigenvalue weighted by Gasteiger charge is 2.51. The zero-order valence-corrected chi connectivity index (χ0v) is 16.1. The summed E-state index contributed by atoms with van der Waals surface area (Å²) < 4.78 is 5.58. The van der Waals surface area contributed by atoms with Crippen molar-refractivity contribution in [3.8, 4) is 0 Å². The Hall–Kier alpha value is -1.18. The molecule has 1 aromatic rings. The molecule has 1 aromatic heterocycles. The predicted molar refractivity (Wildman–Crippen MR) is 97.8 cm³/mol. The molecule has 4 heterocycles. The van der Waals surface area contributed by atoms with E-state index in [0.29, 0.717) is 6.04 Å². The lowest BCUT2D eigenvalue weighted by atomic mass is 9.86. The van der Waals surface area contributed by atoms with Gasteiger partial charge in [0.15, 0.2) is 0 Å². The van der Waals surface area contributed by atoms with Crippen LogP contribution in [0.25, 0.3) is 0 Å². The Morgan fingerprint density at radius 1 is 1.32 bits per heavy atom. The first-order valence-electron chi connectivity index (χ1n) is 9.32. The van der Waals surface area contributed by atoms with Crippen molar-refractivity contribution in [3.63, 3.8) is 0 Å². The van der Waals surface area contributed by atoms with Gasteiger partial charge in [0.25, 0.3) is 0 Å². The summed E-state index contributed by atoms with van der Waals surface area (Å²) in [4.78, 5) is 25.2. The Morgan fingerprint density at radius 2 is 2.04 bits per heavy atom. The van der Waals surface area contributed by atoms with Crippen LogP contribution in [0.15, 0.2) is 5.51 Å². The van der Waals surface area contributed by atoms with Crippen LogP contribution in [0.1, 0.15) is 36.3 Å². The summed E-state index contributed by atoms with van der Waals surface area (Å²) in [6.45, 7) is 7.62. The largest absolute Gasteiger partial charge is 0.381 e. The van der Waals surface area contributed by atoms with E-state index in [2.05, 4.69) is 21.7 Å². The number of likely N-dealkylation sites (N-methyl/N-ethyl adjacent to an activating group) is 1. The number of ether oxygens (including phenoxy) is 1. The fourth-order valence-corrected chi connectivity index (χ4v) is 5.50. The smallest absolute Gasteiger partial charge is 0.320 e. The number of thiazole rings is 1. The predicted octanol–water partition coefficient (Wildman–Crippen LogP) is 2.33. The maximum absolute atomic E-state index is 12.9. The number of carbonyl (C=O) groups excluding carboxylic acids is 1. The van der Waals surface area contributed by atoms with Gasteiger partial charge in [0.05, 0.1) is 16.7 Å². The van der Waals surface area contributed by atoms with Gasteiger partial charge in [-0.1, -0.05) is 0 Å². The second kappa shape index (κ2) is 6.85. The van der Waals surface area contributed by atoms with Crippen LogP contribution in [-0.4, -0.2) is 77.2 Å². The summed E-state index contributed by atoms with van der Waals surface area (Å²) in [7, 11) is 1.95. The SMILES string of the molecule is Cc1ncsc1CN1CCC(N2C(=O)N(C)CC23CCOCC3)CC1. The van der Waals surface area contributed by atoms with E-state index in [9.17, 15) is 4.79 Å². The molecular formula is C18H28N4O2S. The molecule has 7 heteroatoms. The van der Waals surface area contributed by atoms with Gasteiger partial charge >= 0.3 is 6.03 Å². The number of carbonyl (C=O) groups is 1. The summed E-state index contributed by atoms with van der Waals surface area (Å²) in [5, 5.41) is 0. The van der Waals surface area contributed by atoms with E-state index in [0.717, 1.165) is 70.8 Å². The van der Waals surface area contributed by atoms with Crippen molar-refractivity contribution in [2.75, 3.05) is 39.9 Å². The van der Waals surface area contributed by atoms with Gasteiger partial charge in [0, 0.05) is 57.4 Å². The topological polar surface area (TPSA) is 48.9 Å². The molecule has 4 rings (SSSR count). The number of amides is 2. The minimum atomic E-state index is 0.00514. The molecule has 0 unspecified atom stereocenters. The lowest BCUT2D eigenvalue weighted by Gasteiger charge is -2.46. The molecule has 0 N–H and O–H groups in total. The summed E-state index contributed by atoms with van der Waals surface area (Å²) >= 11 is 1.75. The average Bonchev–Trinajstić information content (AvgIpc) is 3.11. The first-order chi connectivity index (χ1) is 12.1. The number of hydrogen-bond acceptors (Lipinski definition) is 5. The van der Waals surface area contributed by atoms with Crippen molar-refractivity contribution < 1.29 is 9.53 Å². The number of hydrogen-bond donors (Lipinski definition) is 0. The molecule has 0 aromatic carbocycles. The van der Waals surface area contributed by atoms with E-state index >= 15 is 0 Å². The quantitative estimate of drug-likeness (QED) is 0.826. The molecule has 1 spiro atoms. The summed E-state index contributed by atoms with van der Waals surface area (Å²) in [5.41, 5.74) is 3.10. The Bertz CT molecular complexity index is 620. The van der Waals surface area contributed by atoms with Crippen LogP contribution < -0.4 is 0 Å². The number of piperidine rings is 1. The second-order valence-corrected chi connectivity index (χ2v) is 8.65. The summed E-state index contributed by atoms with van der Waals surface area (Å²) in [6, 6.07) is 0.591. The highest BCUT2D eigenvalue weighted by molar-refractivity contribution is 7.09. The third-order valence-electron chi connectivity index (χ3n) is 6.13. The van der Waals surface area contributed by atoms with Crippen LogP contribution in [0.4, 0.5) is 4.79 Å². The number of urea groups is 1. The standard InChI is InChI=1S/C18H28N4O2S/c1-14-16(25-13-19-14)11-21-7-3-15(4-8-21)22-17(23)20(2)12-18(22)5-9-24-10-6-18/h13,15H,3-12H2,1-2H3. The fourth-order valence-electron chi connectivity index (χ4n) is 4.68. The normalized spacial score (nSPS) is 25.3. The minimum Gasteiger partial charge on any atom is -0.381 e. The van der Waals surface area contributed by atoms with Gasteiger partial charge in [0.2, 0.25) is 0 Å². The third kappa shape index (κ3) is 3.17. The van der Waals surface area contributed by atoms with Gasteiger partial charge in [-0.15, -0.1) is 11.3 Å². The van der Waals surface area contributed by atoms with E-state index < -0.39 is 0 Å². The first kappa shape index (κ1) is 17.2.